The van der Waals surface area contributed by atoms with Gasteiger partial charge in [-0.05, 0) is 44.9 Å². The Hall–Kier alpha value is -0.810. The van der Waals surface area contributed by atoms with E-state index in [-0.39, 0.29) is 12.1 Å². The van der Waals surface area contributed by atoms with E-state index in [4.69, 9.17) is 21.1 Å². The van der Waals surface area contributed by atoms with Crippen LogP contribution in [-0.4, -0.2) is 43.6 Å². The highest BCUT2D eigenvalue weighted by molar-refractivity contribution is 6.32. The van der Waals surface area contributed by atoms with E-state index in [1.54, 1.807) is 7.11 Å². The normalized spacial score (nSPS) is 13.2. The van der Waals surface area contributed by atoms with Gasteiger partial charge in [-0.25, -0.2) is 0 Å². The third-order valence-corrected chi connectivity index (χ3v) is 3.19. The van der Waals surface area contributed by atoms with Gasteiger partial charge in [-0.15, -0.1) is 0 Å². The Morgan fingerprint density at radius 3 is 2.62 bits per heavy atom. The standard InChI is InChI=1S/C16H26ClNO3/c1-16(2,3)18-10-13(19)11-21-15-6-5-12(7-8-20-4)9-14(15)17/h5-6,9,13,18-19H,7-8,10-11H2,1-4H3. The summed E-state index contributed by atoms with van der Waals surface area (Å²) in [6.45, 7) is 7.50. The second-order valence-electron chi connectivity index (χ2n) is 6.10. The van der Waals surface area contributed by atoms with Crippen LogP contribution in [0, 0.1) is 0 Å². The van der Waals surface area contributed by atoms with Crippen LogP contribution in [0.1, 0.15) is 26.3 Å². The molecule has 0 saturated heterocycles. The summed E-state index contributed by atoms with van der Waals surface area (Å²) in [6, 6.07) is 5.66. The Morgan fingerprint density at radius 2 is 2.05 bits per heavy atom. The number of hydrogen-bond acceptors (Lipinski definition) is 4. The van der Waals surface area contributed by atoms with E-state index >= 15 is 0 Å². The first kappa shape index (κ1) is 18.2. The van der Waals surface area contributed by atoms with Crippen LogP contribution in [0.5, 0.6) is 5.75 Å². The first-order valence-electron chi connectivity index (χ1n) is 7.15. The summed E-state index contributed by atoms with van der Waals surface area (Å²) in [5.74, 6) is 0.590. The highest BCUT2D eigenvalue weighted by Crippen LogP contribution is 2.25. The zero-order valence-electron chi connectivity index (χ0n) is 13.3. The SMILES string of the molecule is COCCc1ccc(OCC(O)CNC(C)(C)C)c(Cl)c1. The fourth-order valence-corrected chi connectivity index (χ4v) is 1.96. The molecule has 0 radical (unpaired) electrons. The molecule has 0 spiro atoms. The van der Waals surface area contributed by atoms with E-state index in [1.807, 2.05) is 18.2 Å². The second kappa shape index (κ2) is 8.59. The fourth-order valence-electron chi connectivity index (χ4n) is 1.71. The monoisotopic (exact) mass is 315 g/mol. The van der Waals surface area contributed by atoms with Crippen LogP contribution in [0.2, 0.25) is 5.02 Å². The van der Waals surface area contributed by atoms with Gasteiger partial charge in [0.05, 0.1) is 11.6 Å². The molecule has 1 atom stereocenters. The molecule has 0 aliphatic heterocycles. The number of halogens is 1. The Kier molecular flexibility index (Phi) is 7.46. The lowest BCUT2D eigenvalue weighted by Crippen LogP contribution is -2.42. The molecule has 1 rings (SSSR count). The van der Waals surface area contributed by atoms with Crippen LogP contribution in [-0.2, 0) is 11.2 Å². The summed E-state index contributed by atoms with van der Waals surface area (Å²) in [5, 5.41) is 13.7. The van der Waals surface area contributed by atoms with Gasteiger partial charge in [0.15, 0.2) is 0 Å². The Morgan fingerprint density at radius 1 is 1.33 bits per heavy atom. The number of hydrogen-bond donors (Lipinski definition) is 2. The lowest BCUT2D eigenvalue weighted by molar-refractivity contribution is 0.100. The van der Waals surface area contributed by atoms with E-state index in [0.717, 1.165) is 12.0 Å². The second-order valence-corrected chi connectivity index (χ2v) is 6.51. The van der Waals surface area contributed by atoms with Gasteiger partial charge in [0.1, 0.15) is 18.5 Å². The molecule has 1 aromatic rings. The largest absolute Gasteiger partial charge is 0.489 e. The first-order chi connectivity index (χ1) is 9.81. The number of methoxy groups -OCH3 is 1. The van der Waals surface area contributed by atoms with Gasteiger partial charge in [0.2, 0.25) is 0 Å². The van der Waals surface area contributed by atoms with Crippen molar-refractivity contribution >= 4 is 11.6 Å². The van der Waals surface area contributed by atoms with Crippen molar-refractivity contribution in [1.82, 2.24) is 5.32 Å². The lowest BCUT2D eigenvalue weighted by Gasteiger charge is -2.23. The molecule has 1 unspecified atom stereocenters. The quantitative estimate of drug-likeness (QED) is 0.774. The molecule has 0 saturated carbocycles. The van der Waals surface area contributed by atoms with Gasteiger partial charge in [-0.3, -0.25) is 0 Å². The number of rotatable bonds is 8. The fraction of sp³-hybridized carbons (Fsp3) is 0.625. The molecular weight excluding hydrogens is 290 g/mol. The molecule has 0 fully saturated rings. The number of benzene rings is 1. The molecule has 21 heavy (non-hydrogen) atoms. The molecule has 0 aromatic heterocycles. The minimum atomic E-state index is -0.576. The molecule has 0 bridgehead atoms. The molecule has 0 heterocycles. The molecule has 2 N–H and O–H groups in total. The smallest absolute Gasteiger partial charge is 0.138 e. The number of aliphatic hydroxyl groups excluding tert-OH is 1. The van der Waals surface area contributed by atoms with Crippen LogP contribution in [0.3, 0.4) is 0 Å². The number of ether oxygens (including phenoxy) is 2. The van der Waals surface area contributed by atoms with Crippen molar-refractivity contribution in [3.8, 4) is 5.75 Å². The van der Waals surface area contributed by atoms with Gasteiger partial charge >= 0.3 is 0 Å². The van der Waals surface area contributed by atoms with Crippen molar-refractivity contribution < 1.29 is 14.6 Å². The summed E-state index contributed by atoms with van der Waals surface area (Å²) in [7, 11) is 1.67. The lowest BCUT2D eigenvalue weighted by atomic mass is 10.1. The number of aliphatic hydroxyl groups is 1. The highest BCUT2D eigenvalue weighted by Gasteiger charge is 2.13. The van der Waals surface area contributed by atoms with Gasteiger partial charge in [-0.2, -0.15) is 0 Å². The highest BCUT2D eigenvalue weighted by atomic mass is 35.5. The maximum atomic E-state index is 9.89. The van der Waals surface area contributed by atoms with Crippen molar-refractivity contribution in [3.63, 3.8) is 0 Å². The summed E-state index contributed by atoms with van der Waals surface area (Å²) < 4.78 is 10.6. The van der Waals surface area contributed by atoms with Crippen molar-refractivity contribution in [1.29, 1.82) is 0 Å². The maximum absolute atomic E-state index is 9.89. The predicted octanol–water partition coefficient (Wildman–Crippen LogP) is 2.66. The van der Waals surface area contributed by atoms with Crippen LogP contribution in [0.4, 0.5) is 0 Å². The average molecular weight is 316 g/mol. The molecule has 0 amide bonds. The molecular formula is C16H26ClNO3. The van der Waals surface area contributed by atoms with Crippen LogP contribution in [0.25, 0.3) is 0 Å². The topological polar surface area (TPSA) is 50.7 Å². The van der Waals surface area contributed by atoms with Crippen molar-refractivity contribution in [2.75, 3.05) is 26.9 Å². The zero-order valence-corrected chi connectivity index (χ0v) is 14.0. The van der Waals surface area contributed by atoms with Gasteiger partial charge in [0.25, 0.3) is 0 Å². The Bertz CT molecular complexity index is 432. The van der Waals surface area contributed by atoms with Gasteiger partial charge in [0, 0.05) is 19.2 Å². The van der Waals surface area contributed by atoms with Crippen LogP contribution < -0.4 is 10.1 Å². The number of nitrogens with one attached hydrogen (secondary N) is 1. The molecule has 1 aromatic carbocycles. The van der Waals surface area contributed by atoms with E-state index in [9.17, 15) is 5.11 Å². The zero-order chi connectivity index (χ0) is 15.9. The third kappa shape index (κ3) is 7.67. The van der Waals surface area contributed by atoms with E-state index in [2.05, 4.69) is 26.1 Å². The molecule has 120 valence electrons. The van der Waals surface area contributed by atoms with Crippen LogP contribution in [0.15, 0.2) is 18.2 Å². The van der Waals surface area contributed by atoms with Gasteiger partial charge in [-0.1, -0.05) is 17.7 Å². The van der Waals surface area contributed by atoms with Gasteiger partial charge < -0.3 is 19.9 Å². The molecule has 4 nitrogen and oxygen atoms in total. The third-order valence-electron chi connectivity index (χ3n) is 2.89. The van der Waals surface area contributed by atoms with E-state index in [0.29, 0.717) is 23.9 Å². The minimum Gasteiger partial charge on any atom is -0.489 e. The summed E-state index contributed by atoms with van der Waals surface area (Å²) in [5.41, 5.74) is 1.07. The van der Waals surface area contributed by atoms with Crippen LogP contribution >= 0.6 is 11.6 Å². The predicted molar refractivity (Wildman–Crippen MR) is 86.3 cm³/mol. The first-order valence-corrected chi connectivity index (χ1v) is 7.53. The van der Waals surface area contributed by atoms with Crippen molar-refractivity contribution in [2.45, 2.75) is 38.8 Å². The maximum Gasteiger partial charge on any atom is 0.138 e. The number of β-amino-alcohol motifs (C(OH)–C–C–N with tert-alkyl or cyclic N) is 1. The van der Waals surface area contributed by atoms with Crippen molar-refractivity contribution in [3.05, 3.63) is 28.8 Å². The molecule has 5 heteroatoms. The molecule has 0 aliphatic carbocycles. The average Bonchev–Trinajstić information content (AvgIpc) is 2.41. The Labute approximate surface area is 132 Å². The summed E-state index contributed by atoms with van der Waals surface area (Å²) in [6.07, 6.45) is 0.239. The summed E-state index contributed by atoms with van der Waals surface area (Å²) >= 11 is 6.18. The molecule has 0 aliphatic rings. The Balaban J connectivity index is 2.44. The van der Waals surface area contributed by atoms with Crippen molar-refractivity contribution in [2.24, 2.45) is 0 Å². The van der Waals surface area contributed by atoms with E-state index in [1.165, 1.54) is 0 Å². The van der Waals surface area contributed by atoms with E-state index < -0.39 is 6.10 Å². The summed E-state index contributed by atoms with van der Waals surface area (Å²) in [4.78, 5) is 0. The minimum absolute atomic E-state index is 0.0262.